The third kappa shape index (κ3) is 3.50. The number of aliphatic hydroxyl groups is 2. The van der Waals surface area contributed by atoms with Crippen LogP contribution in [0.15, 0.2) is 0 Å². The van der Waals surface area contributed by atoms with E-state index in [4.69, 9.17) is 19.3 Å². The van der Waals surface area contributed by atoms with E-state index in [9.17, 15) is 14.5 Å². The Balaban J connectivity index is 2.82. The van der Waals surface area contributed by atoms with Gasteiger partial charge >= 0.3 is 8.25 Å². The summed E-state index contributed by atoms with van der Waals surface area (Å²) in [6.07, 6.45) is -3.24. The highest BCUT2D eigenvalue weighted by atomic mass is 31.1. The molecule has 3 N–H and O–H groups in total. The fourth-order valence-electron chi connectivity index (χ4n) is 1.85. The van der Waals surface area contributed by atoms with Crippen molar-refractivity contribution in [1.82, 2.24) is 4.90 Å². The first-order chi connectivity index (χ1) is 8.38. The molecule has 0 bridgehead atoms. The number of nitrogens with zero attached hydrogens (tertiary/aromatic N) is 1. The molecule has 1 aliphatic rings. The molecule has 0 saturated carbocycles. The van der Waals surface area contributed by atoms with E-state index in [1.807, 2.05) is 0 Å². The van der Waals surface area contributed by atoms with Crippen LogP contribution in [0.3, 0.4) is 0 Å². The van der Waals surface area contributed by atoms with Gasteiger partial charge in [-0.05, 0) is 0 Å². The number of ether oxygens (including phenoxy) is 1. The van der Waals surface area contributed by atoms with Crippen molar-refractivity contribution in [3.63, 3.8) is 0 Å². The molecule has 0 aliphatic carbocycles. The Morgan fingerprint density at radius 1 is 1.61 bits per heavy atom. The van der Waals surface area contributed by atoms with Crippen LogP contribution in [0.2, 0.25) is 0 Å². The number of hydrogen-bond donors (Lipinski definition) is 3. The van der Waals surface area contributed by atoms with Crippen molar-refractivity contribution in [2.75, 3.05) is 20.3 Å². The minimum atomic E-state index is -3.28. The van der Waals surface area contributed by atoms with Crippen LogP contribution in [0.5, 0.6) is 0 Å². The largest absolute Gasteiger partial charge is 0.394 e. The van der Waals surface area contributed by atoms with Gasteiger partial charge in [0, 0.05) is 14.0 Å². The average Bonchev–Trinajstić information content (AvgIpc) is 2.30. The van der Waals surface area contributed by atoms with E-state index in [1.54, 1.807) is 0 Å². The summed E-state index contributed by atoms with van der Waals surface area (Å²) in [7, 11) is -1.80. The SMILES string of the molecule is CC(=O)N(C)C1COC(CO)C(O[PH](=O)O)[C@H]1O. The lowest BCUT2D eigenvalue weighted by atomic mass is 9.97. The van der Waals surface area contributed by atoms with Crippen LogP contribution >= 0.6 is 8.25 Å². The van der Waals surface area contributed by atoms with Crippen LogP contribution < -0.4 is 0 Å². The number of aliphatic hydroxyl groups excluding tert-OH is 2. The predicted molar refractivity (Wildman–Crippen MR) is 61.2 cm³/mol. The van der Waals surface area contributed by atoms with Gasteiger partial charge in [0.15, 0.2) is 0 Å². The van der Waals surface area contributed by atoms with Crippen molar-refractivity contribution in [3.8, 4) is 0 Å². The maximum Gasteiger partial charge on any atom is 0.317 e. The van der Waals surface area contributed by atoms with Crippen LogP contribution in [0.25, 0.3) is 0 Å². The van der Waals surface area contributed by atoms with Crippen molar-refractivity contribution in [3.05, 3.63) is 0 Å². The number of amides is 1. The fraction of sp³-hybridized carbons (Fsp3) is 0.889. The maximum atomic E-state index is 11.2. The van der Waals surface area contributed by atoms with E-state index in [0.717, 1.165) is 0 Å². The van der Waals surface area contributed by atoms with Crippen molar-refractivity contribution in [2.45, 2.75) is 31.3 Å². The second kappa shape index (κ2) is 6.60. The fourth-order valence-corrected chi connectivity index (χ4v) is 2.37. The summed E-state index contributed by atoms with van der Waals surface area (Å²) in [6, 6.07) is -0.684. The molecule has 0 aromatic carbocycles. The summed E-state index contributed by atoms with van der Waals surface area (Å²) in [6.45, 7) is 0.900. The van der Waals surface area contributed by atoms with Crippen molar-refractivity contribution < 1.29 is 33.7 Å². The Labute approximate surface area is 105 Å². The molecular formula is C9H18NO7P. The van der Waals surface area contributed by atoms with E-state index >= 15 is 0 Å². The van der Waals surface area contributed by atoms with Gasteiger partial charge in [-0.3, -0.25) is 9.36 Å². The third-order valence-electron chi connectivity index (χ3n) is 2.99. The molecular weight excluding hydrogens is 265 g/mol. The van der Waals surface area contributed by atoms with Gasteiger partial charge in [0.2, 0.25) is 5.91 Å². The summed E-state index contributed by atoms with van der Waals surface area (Å²) in [5, 5.41) is 19.1. The standard InChI is InChI=1S/C9H18NO7P/c1-5(12)10(2)6-4-16-7(3-11)9(8(6)13)17-18(14)15/h6-9,11,13,18H,3-4H2,1-2H3,(H,14,15)/t6?,7?,8-,9?/m0/s1. The second-order valence-corrected chi connectivity index (χ2v) is 4.86. The zero-order chi connectivity index (χ0) is 13.9. The van der Waals surface area contributed by atoms with Gasteiger partial charge in [0.25, 0.3) is 0 Å². The summed E-state index contributed by atoms with van der Waals surface area (Å²) in [5.74, 6) is -0.277. The zero-order valence-corrected chi connectivity index (χ0v) is 11.1. The molecule has 1 heterocycles. The van der Waals surface area contributed by atoms with Crippen LogP contribution in [0.4, 0.5) is 0 Å². The molecule has 1 fully saturated rings. The molecule has 4 unspecified atom stereocenters. The Morgan fingerprint density at radius 2 is 2.22 bits per heavy atom. The van der Waals surface area contributed by atoms with Crippen molar-refractivity contribution in [1.29, 1.82) is 0 Å². The van der Waals surface area contributed by atoms with E-state index < -0.39 is 39.2 Å². The topological polar surface area (TPSA) is 117 Å². The van der Waals surface area contributed by atoms with Gasteiger partial charge in [-0.2, -0.15) is 0 Å². The van der Waals surface area contributed by atoms with Gasteiger partial charge in [0.05, 0.1) is 19.3 Å². The second-order valence-electron chi connectivity index (χ2n) is 4.09. The van der Waals surface area contributed by atoms with E-state index in [2.05, 4.69) is 0 Å². The summed E-state index contributed by atoms with van der Waals surface area (Å²) < 4.78 is 20.6. The van der Waals surface area contributed by atoms with Crippen LogP contribution in [-0.2, 0) is 18.6 Å². The third-order valence-corrected chi connectivity index (χ3v) is 3.46. The van der Waals surface area contributed by atoms with E-state index in [0.29, 0.717) is 0 Å². The lowest BCUT2D eigenvalue weighted by molar-refractivity contribution is -0.175. The van der Waals surface area contributed by atoms with Gasteiger partial charge in [0.1, 0.15) is 18.3 Å². The highest BCUT2D eigenvalue weighted by Crippen LogP contribution is 2.28. The molecule has 9 heteroatoms. The van der Waals surface area contributed by atoms with Gasteiger partial charge in [-0.15, -0.1) is 0 Å². The number of carbonyl (C=O) groups is 1. The molecule has 5 atom stereocenters. The molecule has 1 saturated heterocycles. The molecule has 0 radical (unpaired) electrons. The monoisotopic (exact) mass is 283 g/mol. The number of likely N-dealkylation sites (N-methyl/N-ethyl adjacent to an activating group) is 1. The molecule has 1 aliphatic heterocycles. The zero-order valence-electron chi connectivity index (χ0n) is 10.1. The Morgan fingerprint density at radius 3 is 2.67 bits per heavy atom. The number of hydrogen-bond acceptors (Lipinski definition) is 6. The Bertz CT molecular complexity index is 326. The molecule has 106 valence electrons. The van der Waals surface area contributed by atoms with Crippen LogP contribution in [-0.4, -0.2) is 70.5 Å². The average molecular weight is 283 g/mol. The molecule has 0 aromatic rings. The van der Waals surface area contributed by atoms with Crippen molar-refractivity contribution in [2.24, 2.45) is 0 Å². The minimum Gasteiger partial charge on any atom is -0.394 e. The predicted octanol–water partition coefficient (Wildman–Crippen LogP) is -1.65. The highest BCUT2D eigenvalue weighted by molar-refractivity contribution is 7.32. The Hall–Kier alpha value is -0.500. The van der Waals surface area contributed by atoms with E-state index in [1.165, 1.54) is 18.9 Å². The molecule has 0 aromatic heterocycles. The maximum absolute atomic E-state index is 11.2. The molecule has 1 rings (SSSR count). The summed E-state index contributed by atoms with van der Waals surface area (Å²) >= 11 is 0. The quantitative estimate of drug-likeness (QED) is 0.529. The minimum absolute atomic E-state index is 0.0225. The first kappa shape index (κ1) is 15.6. The Kier molecular flexibility index (Phi) is 5.71. The van der Waals surface area contributed by atoms with Crippen LogP contribution in [0, 0.1) is 0 Å². The first-order valence-corrected chi connectivity index (χ1v) is 6.68. The smallest absolute Gasteiger partial charge is 0.317 e. The first-order valence-electron chi connectivity index (χ1n) is 5.42. The van der Waals surface area contributed by atoms with Crippen LogP contribution in [0.1, 0.15) is 6.92 Å². The number of carbonyl (C=O) groups excluding carboxylic acids is 1. The molecule has 1 amide bonds. The number of rotatable bonds is 4. The van der Waals surface area contributed by atoms with Gasteiger partial charge in [-0.1, -0.05) is 0 Å². The highest BCUT2D eigenvalue weighted by Gasteiger charge is 2.43. The lowest BCUT2D eigenvalue weighted by Gasteiger charge is -2.42. The van der Waals surface area contributed by atoms with Gasteiger partial charge < -0.3 is 29.3 Å². The molecule has 18 heavy (non-hydrogen) atoms. The lowest BCUT2D eigenvalue weighted by Crippen LogP contribution is -2.60. The summed E-state index contributed by atoms with van der Waals surface area (Å²) in [4.78, 5) is 21.3. The molecule has 0 spiro atoms. The molecule has 8 nitrogen and oxygen atoms in total. The van der Waals surface area contributed by atoms with Gasteiger partial charge in [-0.25, -0.2) is 0 Å². The van der Waals surface area contributed by atoms with E-state index in [-0.39, 0.29) is 12.5 Å². The van der Waals surface area contributed by atoms with Crippen molar-refractivity contribution >= 4 is 14.2 Å². The normalized spacial score (nSPS) is 34.1. The summed E-state index contributed by atoms with van der Waals surface area (Å²) in [5.41, 5.74) is 0.